The van der Waals surface area contributed by atoms with Crippen molar-refractivity contribution in [2.75, 3.05) is 159 Å². The van der Waals surface area contributed by atoms with Gasteiger partial charge < -0.3 is 61.6 Å². The fourth-order valence-corrected chi connectivity index (χ4v) is 3.67. The van der Waals surface area contributed by atoms with E-state index in [9.17, 15) is 4.79 Å². The third-order valence-electron chi connectivity index (χ3n) is 6.15. The van der Waals surface area contributed by atoms with Gasteiger partial charge in [-0.3, -0.25) is 4.79 Å². The molecule has 49 heavy (non-hydrogen) atoms. The number of benzene rings is 1. The van der Waals surface area contributed by atoms with Crippen LogP contribution in [0.2, 0.25) is 0 Å². The number of hydrogen-bond donors (Lipinski definition) is 0. The highest BCUT2D eigenvalue weighted by atomic mass is 16.6. The van der Waals surface area contributed by atoms with Gasteiger partial charge in [0.05, 0.1) is 159 Å². The third kappa shape index (κ3) is 35.8. The zero-order valence-corrected chi connectivity index (χ0v) is 29.7. The number of ether oxygens (including phenoxy) is 13. The Balaban J connectivity index is 1.61. The molecule has 0 unspecified atom stereocenters. The molecule has 14 heteroatoms. The fraction of sp³-hybridized carbons (Fsp3) is 0.800. The molecular formula is C35H62O14. The second-order valence-corrected chi connectivity index (χ2v) is 10.2. The largest absolute Gasteiger partial charge is 0.463 e. The summed E-state index contributed by atoms with van der Waals surface area (Å²) in [7, 11) is 0. The van der Waals surface area contributed by atoms with Gasteiger partial charge in [-0.1, -0.05) is 37.3 Å². The van der Waals surface area contributed by atoms with E-state index in [4.69, 9.17) is 61.6 Å². The lowest BCUT2D eigenvalue weighted by atomic mass is 10.2. The van der Waals surface area contributed by atoms with Crippen LogP contribution in [-0.2, 0) is 73.0 Å². The SMILES string of the molecule is CCCC(=O)OCCOCCOCCOCCOCCOCCOCCOCCOCCOCCOCCOCCOCc1ccccc1. The number of carbonyl (C=O) groups excluding carboxylic acids is 1. The smallest absolute Gasteiger partial charge is 0.305 e. The van der Waals surface area contributed by atoms with Crippen molar-refractivity contribution in [3.8, 4) is 0 Å². The molecule has 1 aromatic rings. The van der Waals surface area contributed by atoms with Crippen molar-refractivity contribution in [3.63, 3.8) is 0 Å². The summed E-state index contributed by atoms with van der Waals surface area (Å²) in [6, 6.07) is 10.1. The normalized spacial score (nSPS) is 11.4. The molecule has 0 radical (unpaired) electrons. The van der Waals surface area contributed by atoms with Crippen molar-refractivity contribution in [2.45, 2.75) is 26.4 Å². The van der Waals surface area contributed by atoms with E-state index in [1.807, 2.05) is 37.3 Å². The zero-order chi connectivity index (χ0) is 35.0. The van der Waals surface area contributed by atoms with E-state index in [1.54, 1.807) is 0 Å². The van der Waals surface area contributed by atoms with Crippen LogP contribution in [0.25, 0.3) is 0 Å². The first-order chi connectivity index (χ1) is 24.3. The van der Waals surface area contributed by atoms with Crippen LogP contribution in [0, 0.1) is 0 Å². The number of rotatable bonds is 40. The molecule has 0 fully saturated rings. The molecule has 0 heterocycles. The second-order valence-electron chi connectivity index (χ2n) is 10.2. The topological polar surface area (TPSA) is 137 Å². The summed E-state index contributed by atoms with van der Waals surface area (Å²) < 4.78 is 70.6. The monoisotopic (exact) mass is 706 g/mol. The van der Waals surface area contributed by atoms with Gasteiger partial charge in [-0.15, -0.1) is 0 Å². The Bertz CT molecular complexity index is 789. The van der Waals surface area contributed by atoms with Crippen LogP contribution in [0.3, 0.4) is 0 Å². The van der Waals surface area contributed by atoms with Crippen LogP contribution < -0.4 is 0 Å². The van der Waals surface area contributed by atoms with E-state index in [0.717, 1.165) is 12.0 Å². The van der Waals surface area contributed by atoms with E-state index in [0.29, 0.717) is 165 Å². The number of esters is 1. The summed E-state index contributed by atoms with van der Waals surface area (Å²) in [4.78, 5) is 11.2. The molecule has 1 rings (SSSR count). The van der Waals surface area contributed by atoms with Crippen LogP contribution >= 0.6 is 0 Å². The summed E-state index contributed by atoms with van der Waals surface area (Å²) >= 11 is 0. The van der Waals surface area contributed by atoms with Crippen molar-refractivity contribution in [1.82, 2.24) is 0 Å². The molecule has 0 saturated carbocycles. The molecule has 0 aromatic heterocycles. The molecule has 286 valence electrons. The van der Waals surface area contributed by atoms with Crippen LogP contribution in [0.15, 0.2) is 30.3 Å². The first kappa shape index (κ1) is 45.2. The van der Waals surface area contributed by atoms with E-state index in [-0.39, 0.29) is 12.6 Å². The summed E-state index contributed by atoms with van der Waals surface area (Å²) in [5.74, 6) is -0.189. The van der Waals surface area contributed by atoms with Gasteiger partial charge in [-0.05, 0) is 12.0 Å². The van der Waals surface area contributed by atoms with Gasteiger partial charge in [0, 0.05) is 6.42 Å². The highest BCUT2D eigenvalue weighted by molar-refractivity contribution is 5.69. The zero-order valence-electron chi connectivity index (χ0n) is 29.7. The van der Waals surface area contributed by atoms with Gasteiger partial charge in [0.25, 0.3) is 0 Å². The molecule has 0 aliphatic heterocycles. The lowest BCUT2D eigenvalue weighted by Gasteiger charge is -2.09. The Morgan fingerprint density at radius 3 is 0.939 bits per heavy atom. The maximum absolute atomic E-state index is 11.2. The lowest BCUT2D eigenvalue weighted by molar-refractivity contribution is -0.145. The lowest BCUT2D eigenvalue weighted by Crippen LogP contribution is -2.15. The Morgan fingerprint density at radius 2 is 0.653 bits per heavy atom. The average Bonchev–Trinajstić information content (AvgIpc) is 3.11. The predicted octanol–water partition coefficient (Wildman–Crippen LogP) is 2.73. The van der Waals surface area contributed by atoms with Crippen LogP contribution in [-0.4, -0.2) is 165 Å². The maximum atomic E-state index is 11.2. The third-order valence-corrected chi connectivity index (χ3v) is 6.15. The van der Waals surface area contributed by atoms with Crippen molar-refractivity contribution < 1.29 is 66.4 Å². The minimum Gasteiger partial charge on any atom is -0.463 e. The molecular weight excluding hydrogens is 644 g/mol. The van der Waals surface area contributed by atoms with Gasteiger partial charge in [0.15, 0.2) is 0 Å². The maximum Gasteiger partial charge on any atom is 0.305 e. The molecule has 0 amide bonds. The van der Waals surface area contributed by atoms with Crippen LogP contribution in [0.1, 0.15) is 25.3 Å². The minimum atomic E-state index is -0.189. The predicted molar refractivity (Wildman–Crippen MR) is 181 cm³/mol. The van der Waals surface area contributed by atoms with Crippen LogP contribution in [0.5, 0.6) is 0 Å². The van der Waals surface area contributed by atoms with Crippen molar-refractivity contribution in [1.29, 1.82) is 0 Å². The fourth-order valence-electron chi connectivity index (χ4n) is 3.67. The van der Waals surface area contributed by atoms with Gasteiger partial charge in [-0.2, -0.15) is 0 Å². The second kappa shape index (κ2) is 39.0. The Hall–Kier alpha value is -1.79. The van der Waals surface area contributed by atoms with E-state index in [1.165, 1.54) is 0 Å². The van der Waals surface area contributed by atoms with Crippen LogP contribution in [0.4, 0.5) is 0 Å². The molecule has 1 aromatic carbocycles. The highest BCUT2D eigenvalue weighted by Crippen LogP contribution is 2.00. The number of hydrogen-bond acceptors (Lipinski definition) is 14. The summed E-state index contributed by atoms with van der Waals surface area (Å²) in [5, 5.41) is 0. The summed E-state index contributed by atoms with van der Waals surface area (Å²) in [6.07, 6.45) is 1.23. The Morgan fingerprint density at radius 1 is 0.388 bits per heavy atom. The molecule has 0 saturated heterocycles. The first-order valence-electron chi connectivity index (χ1n) is 17.5. The molecule has 0 aliphatic rings. The summed E-state index contributed by atoms with van der Waals surface area (Å²) in [5.41, 5.74) is 1.16. The van der Waals surface area contributed by atoms with Gasteiger partial charge >= 0.3 is 5.97 Å². The van der Waals surface area contributed by atoms with E-state index >= 15 is 0 Å². The Labute approximate surface area is 293 Å². The van der Waals surface area contributed by atoms with Crippen molar-refractivity contribution >= 4 is 5.97 Å². The number of carbonyl (C=O) groups is 1. The quantitative estimate of drug-likeness (QED) is 0.0731. The van der Waals surface area contributed by atoms with Crippen molar-refractivity contribution in [2.24, 2.45) is 0 Å². The van der Waals surface area contributed by atoms with E-state index in [2.05, 4.69) is 0 Å². The molecule has 0 N–H and O–H groups in total. The summed E-state index contributed by atoms with van der Waals surface area (Å²) in [6.45, 7) is 14.3. The Kier molecular flexibility index (Phi) is 36.0. The van der Waals surface area contributed by atoms with Crippen molar-refractivity contribution in [3.05, 3.63) is 35.9 Å². The van der Waals surface area contributed by atoms with Gasteiger partial charge in [0.1, 0.15) is 6.61 Å². The van der Waals surface area contributed by atoms with Gasteiger partial charge in [-0.25, -0.2) is 0 Å². The van der Waals surface area contributed by atoms with Gasteiger partial charge in [0.2, 0.25) is 0 Å². The molecule has 0 bridgehead atoms. The highest BCUT2D eigenvalue weighted by Gasteiger charge is 2.00. The minimum absolute atomic E-state index is 0.189. The van der Waals surface area contributed by atoms with E-state index < -0.39 is 0 Å². The first-order valence-corrected chi connectivity index (χ1v) is 17.5. The average molecular weight is 707 g/mol. The molecule has 0 aliphatic carbocycles. The molecule has 0 spiro atoms. The standard InChI is InChI=1S/C35H62O14/c1-2-6-35(36)49-32-31-47-28-27-45-24-23-43-20-19-41-16-15-39-12-11-37-9-10-38-13-14-40-17-18-42-21-22-44-25-26-46-29-30-48-33-34-7-4-3-5-8-34/h3-5,7-8H,2,6,9-33H2,1H3. The molecule has 14 nitrogen and oxygen atoms in total. The molecule has 0 atom stereocenters.